The molecule has 0 fully saturated rings. The number of aliphatic carboxylic acids is 1. The van der Waals surface area contributed by atoms with Gasteiger partial charge in [-0.15, -0.1) is 0 Å². The molecule has 0 aliphatic rings. The van der Waals surface area contributed by atoms with Crippen LogP contribution in [-0.4, -0.2) is 36.8 Å². The van der Waals surface area contributed by atoms with Gasteiger partial charge in [0.2, 0.25) is 0 Å². The van der Waals surface area contributed by atoms with Crippen molar-refractivity contribution in [2.75, 3.05) is 20.0 Å². The fourth-order valence-electron chi connectivity index (χ4n) is 1.66. The number of halogens is 3. The Morgan fingerprint density at radius 1 is 1.05 bits per heavy atom. The van der Waals surface area contributed by atoms with Crippen LogP contribution in [-0.2, 0) is 4.79 Å². The average molecular weight is 287 g/mol. The predicted molar refractivity (Wildman–Crippen MR) is 70.8 cm³/mol. The van der Waals surface area contributed by atoms with Gasteiger partial charge in [0.25, 0.3) is 0 Å². The molecule has 0 amide bonds. The number of hydrogen-bond acceptors (Lipinski definition) is 2. The molecule has 0 saturated carbocycles. The summed E-state index contributed by atoms with van der Waals surface area (Å²) in [6.45, 7) is -3.78. The number of hydrogen-bond donors (Lipinski definition) is 1. The van der Waals surface area contributed by atoms with Crippen molar-refractivity contribution in [3.05, 3.63) is 30.3 Å². The van der Waals surface area contributed by atoms with E-state index in [9.17, 15) is 18.0 Å². The fraction of sp³-hybridized carbons (Fsp3) is 0.429. The second kappa shape index (κ2) is 7.67. The highest BCUT2D eigenvalue weighted by Crippen LogP contribution is 2.28. The summed E-state index contributed by atoms with van der Waals surface area (Å²) in [5.41, 5.74) is -1.67. The van der Waals surface area contributed by atoms with E-state index in [-0.39, 0.29) is 18.6 Å². The van der Waals surface area contributed by atoms with E-state index in [0.717, 1.165) is 0 Å². The van der Waals surface area contributed by atoms with Gasteiger partial charge in [0.15, 0.2) is 0 Å². The van der Waals surface area contributed by atoms with Crippen molar-refractivity contribution >= 4 is 17.4 Å². The molecule has 6 heteroatoms. The summed E-state index contributed by atoms with van der Waals surface area (Å²) in [7, 11) is 0. The maximum Gasteiger partial charge on any atom is 0.303 e. The summed E-state index contributed by atoms with van der Waals surface area (Å²) in [4.78, 5) is 14.7. The highest BCUT2D eigenvalue weighted by molar-refractivity contribution is 5.94. The molecule has 110 valence electrons. The Bertz CT molecular complexity index is 450. The van der Waals surface area contributed by atoms with Gasteiger partial charge in [-0.3, -0.25) is 9.79 Å². The number of carboxylic acids is 1. The Kier molecular flexibility index (Phi) is 6.21. The van der Waals surface area contributed by atoms with Gasteiger partial charge in [-0.25, -0.2) is 13.2 Å². The maximum absolute atomic E-state index is 13.1. The highest BCUT2D eigenvalue weighted by Gasteiger charge is 2.37. The van der Waals surface area contributed by atoms with E-state index < -0.39 is 31.4 Å². The normalized spacial score (nSPS) is 12.4. The molecule has 1 aromatic carbocycles. The topological polar surface area (TPSA) is 49.7 Å². The van der Waals surface area contributed by atoms with Crippen LogP contribution in [0.4, 0.5) is 18.9 Å². The number of benzene rings is 1. The molecule has 1 rings (SSSR count). The zero-order chi connectivity index (χ0) is 15.0. The molecule has 0 spiro atoms. The first kappa shape index (κ1) is 16.2. The average Bonchev–Trinajstić information content (AvgIpc) is 2.47. The van der Waals surface area contributed by atoms with E-state index in [4.69, 9.17) is 5.11 Å². The first-order chi connectivity index (χ1) is 9.57. The molecule has 1 aromatic rings. The van der Waals surface area contributed by atoms with Gasteiger partial charge in [-0.05, 0) is 18.6 Å². The molecule has 1 N–H and O–H groups in total. The van der Waals surface area contributed by atoms with Crippen molar-refractivity contribution in [2.24, 2.45) is 10.4 Å². The van der Waals surface area contributed by atoms with Crippen molar-refractivity contribution in [2.45, 2.75) is 12.8 Å². The van der Waals surface area contributed by atoms with Gasteiger partial charge < -0.3 is 5.11 Å². The van der Waals surface area contributed by atoms with Gasteiger partial charge in [0.1, 0.15) is 20.0 Å². The van der Waals surface area contributed by atoms with E-state index in [1.807, 2.05) is 0 Å². The monoisotopic (exact) mass is 287 g/mol. The van der Waals surface area contributed by atoms with Crippen LogP contribution in [0.3, 0.4) is 0 Å². The van der Waals surface area contributed by atoms with Crippen molar-refractivity contribution < 1.29 is 23.1 Å². The van der Waals surface area contributed by atoms with Crippen molar-refractivity contribution in [1.82, 2.24) is 0 Å². The Morgan fingerprint density at radius 3 is 2.05 bits per heavy atom. The third kappa shape index (κ3) is 4.08. The minimum absolute atomic E-state index is 0.0985. The molecule has 0 radical (unpaired) electrons. The first-order valence-corrected chi connectivity index (χ1v) is 6.11. The number of carboxylic acid groups (broad SMARTS) is 1. The van der Waals surface area contributed by atoms with Gasteiger partial charge in [0.05, 0.1) is 17.5 Å². The van der Waals surface area contributed by atoms with Gasteiger partial charge in [-0.2, -0.15) is 0 Å². The van der Waals surface area contributed by atoms with Crippen LogP contribution in [0.5, 0.6) is 0 Å². The first-order valence-electron chi connectivity index (χ1n) is 6.11. The molecule has 3 nitrogen and oxygen atoms in total. The minimum atomic E-state index is -1.98. The van der Waals surface area contributed by atoms with Crippen LogP contribution in [0, 0.1) is 5.41 Å². The molecule has 0 heterocycles. The molecular weight excluding hydrogens is 271 g/mol. The Balaban J connectivity index is 3.13. The summed E-state index contributed by atoms with van der Waals surface area (Å²) >= 11 is 0. The van der Waals surface area contributed by atoms with Crippen LogP contribution >= 0.6 is 0 Å². The smallest absolute Gasteiger partial charge is 0.303 e. The molecule has 0 atom stereocenters. The lowest BCUT2D eigenvalue weighted by Crippen LogP contribution is -2.38. The lowest BCUT2D eigenvalue weighted by atomic mass is 9.84. The zero-order valence-electron chi connectivity index (χ0n) is 10.9. The SMILES string of the molecule is O=C(O)CCC(=Nc1ccccc1)C(CF)(CF)CF. The van der Waals surface area contributed by atoms with Gasteiger partial charge >= 0.3 is 5.97 Å². The lowest BCUT2D eigenvalue weighted by Gasteiger charge is -2.26. The Hall–Kier alpha value is -1.85. The van der Waals surface area contributed by atoms with Crippen molar-refractivity contribution in [1.29, 1.82) is 0 Å². The summed E-state index contributed by atoms with van der Waals surface area (Å²) in [5.74, 6) is -1.13. The summed E-state index contributed by atoms with van der Waals surface area (Å²) in [6, 6.07) is 8.29. The lowest BCUT2D eigenvalue weighted by molar-refractivity contribution is -0.136. The van der Waals surface area contributed by atoms with Crippen LogP contribution in [0.15, 0.2) is 35.3 Å². The molecule has 0 saturated heterocycles. The van der Waals surface area contributed by atoms with E-state index in [1.54, 1.807) is 30.3 Å². The summed E-state index contributed by atoms with van der Waals surface area (Å²) < 4.78 is 39.2. The number of para-hydroxylation sites is 1. The highest BCUT2D eigenvalue weighted by atomic mass is 19.1. The third-order valence-corrected chi connectivity index (χ3v) is 2.98. The Morgan fingerprint density at radius 2 is 1.60 bits per heavy atom. The molecular formula is C14H16F3NO2. The van der Waals surface area contributed by atoms with Crippen molar-refractivity contribution in [3.8, 4) is 0 Å². The quantitative estimate of drug-likeness (QED) is 0.744. The molecule has 0 aliphatic carbocycles. The van der Waals surface area contributed by atoms with E-state index >= 15 is 0 Å². The molecule has 0 unspecified atom stereocenters. The third-order valence-electron chi connectivity index (χ3n) is 2.98. The summed E-state index contributed by atoms with van der Waals surface area (Å²) in [6.07, 6.45) is -0.546. The number of rotatable bonds is 8. The molecule has 0 bridgehead atoms. The minimum Gasteiger partial charge on any atom is -0.481 e. The zero-order valence-corrected chi connectivity index (χ0v) is 10.9. The van der Waals surface area contributed by atoms with E-state index in [2.05, 4.69) is 4.99 Å². The van der Waals surface area contributed by atoms with Crippen molar-refractivity contribution in [3.63, 3.8) is 0 Å². The predicted octanol–water partition coefficient (Wildman–Crippen LogP) is 3.52. The number of carbonyl (C=O) groups is 1. The van der Waals surface area contributed by atoms with Crippen LogP contribution in [0.2, 0.25) is 0 Å². The standard InChI is InChI=1S/C14H16F3NO2/c15-8-14(9-16,10-17)12(6-7-13(19)20)18-11-4-2-1-3-5-11/h1-5H,6-10H2,(H,19,20). The van der Waals surface area contributed by atoms with Crippen LogP contribution in [0.1, 0.15) is 12.8 Å². The van der Waals surface area contributed by atoms with E-state index in [1.165, 1.54) is 0 Å². The molecule has 0 aromatic heterocycles. The van der Waals surface area contributed by atoms with Gasteiger partial charge in [-0.1, -0.05) is 18.2 Å². The maximum atomic E-state index is 13.1. The van der Waals surface area contributed by atoms with Gasteiger partial charge in [0, 0.05) is 5.71 Å². The second-order valence-corrected chi connectivity index (χ2v) is 4.47. The largest absolute Gasteiger partial charge is 0.481 e. The number of nitrogens with zero attached hydrogens (tertiary/aromatic N) is 1. The molecule has 0 aliphatic heterocycles. The van der Waals surface area contributed by atoms with Crippen LogP contribution in [0.25, 0.3) is 0 Å². The van der Waals surface area contributed by atoms with Crippen LogP contribution < -0.4 is 0 Å². The fourth-order valence-corrected chi connectivity index (χ4v) is 1.66. The summed E-state index contributed by atoms with van der Waals surface area (Å²) in [5, 5.41) is 8.68. The Labute approximate surface area is 115 Å². The number of alkyl halides is 3. The molecule has 20 heavy (non-hydrogen) atoms. The number of aliphatic imine (C=N–C) groups is 1. The van der Waals surface area contributed by atoms with E-state index in [0.29, 0.717) is 5.69 Å². The second-order valence-electron chi connectivity index (χ2n) is 4.47.